The Morgan fingerprint density at radius 2 is 2.24 bits per heavy atom. The molecule has 0 bridgehead atoms. The van der Waals surface area contributed by atoms with Crippen LogP contribution < -0.4 is 0 Å². The summed E-state index contributed by atoms with van der Waals surface area (Å²) < 4.78 is 0. The van der Waals surface area contributed by atoms with E-state index in [1.165, 1.54) is 11.8 Å². The molecule has 0 saturated heterocycles. The Labute approximate surface area is 103 Å². The SMILES string of the molecule is CSC1=C2c3ncccc3C(=O)N2CCC1=O. The van der Waals surface area contributed by atoms with E-state index in [-0.39, 0.29) is 11.7 Å². The molecule has 1 amide bonds. The summed E-state index contributed by atoms with van der Waals surface area (Å²) in [4.78, 5) is 30.5. The van der Waals surface area contributed by atoms with Crippen LogP contribution in [0.3, 0.4) is 0 Å². The van der Waals surface area contributed by atoms with E-state index in [4.69, 9.17) is 0 Å². The molecule has 1 aromatic rings. The maximum absolute atomic E-state index is 12.1. The summed E-state index contributed by atoms with van der Waals surface area (Å²) in [6, 6.07) is 3.51. The zero-order chi connectivity index (χ0) is 12.0. The number of hydrogen-bond acceptors (Lipinski definition) is 4. The van der Waals surface area contributed by atoms with E-state index in [1.807, 2.05) is 6.26 Å². The monoisotopic (exact) mass is 246 g/mol. The number of pyridine rings is 1. The van der Waals surface area contributed by atoms with Gasteiger partial charge in [0.1, 0.15) is 5.69 Å². The zero-order valence-corrected chi connectivity index (χ0v) is 10.1. The van der Waals surface area contributed by atoms with Crippen molar-refractivity contribution in [3.63, 3.8) is 0 Å². The van der Waals surface area contributed by atoms with Crippen LogP contribution in [0.1, 0.15) is 22.5 Å². The minimum Gasteiger partial charge on any atom is -0.305 e. The second-order valence-electron chi connectivity index (χ2n) is 3.91. The van der Waals surface area contributed by atoms with Crippen LogP contribution in [0.2, 0.25) is 0 Å². The summed E-state index contributed by atoms with van der Waals surface area (Å²) in [6.07, 6.45) is 3.91. The van der Waals surface area contributed by atoms with Gasteiger partial charge in [0.2, 0.25) is 0 Å². The largest absolute Gasteiger partial charge is 0.305 e. The lowest BCUT2D eigenvalue weighted by Gasteiger charge is -2.24. The maximum Gasteiger partial charge on any atom is 0.260 e. The average molecular weight is 246 g/mol. The first kappa shape index (κ1) is 10.5. The van der Waals surface area contributed by atoms with Gasteiger partial charge in [-0.25, -0.2) is 0 Å². The highest BCUT2D eigenvalue weighted by Gasteiger charge is 2.39. The molecule has 3 heterocycles. The Morgan fingerprint density at radius 3 is 3.00 bits per heavy atom. The van der Waals surface area contributed by atoms with Crippen molar-refractivity contribution in [2.24, 2.45) is 0 Å². The minimum absolute atomic E-state index is 0.0397. The van der Waals surface area contributed by atoms with Crippen molar-refractivity contribution in [2.45, 2.75) is 6.42 Å². The van der Waals surface area contributed by atoms with Crippen LogP contribution in [-0.4, -0.2) is 34.4 Å². The molecule has 0 aliphatic carbocycles. The predicted octanol–water partition coefficient (Wildman–Crippen LogP) is 1.54. The number of carbonyl (C=O) groups excluding carboxylic acids is 2. The average Bonchev–Trinajstić information content (AvgIpc) is 2.64. The lowest BCUT2D eigenvalue weighted by atomic mass is 10.1. The fraction of sp³-hybridized carbons (Fsp3) is 0.250. The summed E-state index contributed by atoms with van der Waals surface area (Å²) in [5.74, 6) is 0.0669. The van der Waals surface area contributed by atoms with Gasteiger partial charge in [0, 0.05) is 19.2 Å². The van der Waals surface area contributed by atoms with Gasteiger partial charge in [0.15, 0.2) is 5.78 Å². The molecule has 3 rings (SSSR count). The number of Topliss-reactive ketones (excluding diaryl/α,β-unsaturated/α-hetero) is 1. The van der Waals surface area contributed by atoms with Crippen LogP contribution in [-0.2, 0) is 4.79 Å². The number of rotatable bonds is 1. The summed E-state index contributed by atoms with van der Waals surface area (Å²) >= 11 is 1.39. The van der Waals surface area contributed by atoms with Crippen LogP contribution in [0.5, 0.6) is 0 Å². The van der Waals surface area contributed by atoms with Gasteiger partial charge in [-0.1, -0.05) is 0 Å². The first-order valence-electron chi connectivity index (χ1n) is 5.32. The van der Waals surface area contributed by atoms with E-state index in [0.717, 1.165) is 0 Å². The van der Waals surface area contributed by atoms with Crippen LogP contribution in [0.15, 0.2) is 23.2 Å². The number of thioether (sulfide) groups is 1. The zero-order valence-electron chi connectivity index (χ0n) is 9.27. The van der Waals surface area contributed by atoms with E-state index < -0.39 is 0 Å². The highest BCUT2D eigenvalue weighted by atomic mass is 32.2. The molecule has 0 fully saturated rings. The second kappa shape index (κ2) is 3.70. The van der Waals surface area contributed by atoms with Crippen LogP contribution in [0, 0.1) is 0 Å². The van der Waals surface area contributed by atoms with Crippen LogP contribution in [0.4, 0.5) is 0 Å². The summed E-state index contributed by atoms with van der Waals surface area (Å²) in [5.41, 5.74) is 1.95. The normalized spacial score (nSPS) is 18.5. The Kier molecular flexibility index (Phi) is 2.29. The fourth-order valence-electron chi connectivity index (χ4n) is 2.25. The number of nitrogens with zero attached hydrogens (tertiary/aromatic N) is 2. The smallest absolute Gasteiger partial charge is 0.260 e. The molecule has 17 heavy (non-hydrogen) atoms. The molecule has 86 valence electrons. The molecule has 4 nitrogen and oxygen atoms in total. The fourth-order valence-corrected chi connectivity index (χ4v) is 2.98. The van der Waals surface area contributed by atoms with Crippen molar-refractivity contribution in [1.29, 1.82) is 0 Å². The molecule has 0 aromatic carbocycles. The number of carbonyl (C=O) groups is 2. The molecule has 2 aliphatic heterocycles. The number of aromatic nitrogens is 1. The van der Waals surface area contributed by atoms with E-state index >= 15 is 0 Å². The van der Waals surface area contributed by atoms with Crippen LogP contribution >= 0.6 is 11.8 Å². The van der Waals surface area contributed by atoms with Gasteiger partial charge in [-0.2, -0.15) is 0 Å². The highest BCUT2D eigenvalue weighted by molar-refractivity contribution is 8.03. The van der Waals surface area contributed by atoms with Gasteiger partial charge in [-0.3, -0.25) is 14.6 Å². The molecule has 0 radical (unpaired) electrons. The molecule has 0 saturated carbocycles. The van der Waals surface area contributed by atoms with Gasteiger partial charge in [-0.05, 0) is 18.4 Å². The minimum atomic E-state index is -0.0397. The maximum atomic E-state index is 12.1. The summed E-state index contributed by atoms with van der Waals surface area (Å²) in [6.45, 7) is 0.466. The van der Waals surface area contributed by atoms with Crippen molar-refractivity contribution >= 4 is 29.1 Å². The molecular weight excluding hydrogens is 236 g/mol. The van der Waals surface area contributed by atoms with Gasteiger partial charge in [-0.15, -0.1) is 11.8 Å². The third-order valence-corrected chi connectivity index (χ3v) is 3.84. The third kappa shape index (κ3) is 1.35. The van der Waals surface area contributed by atoms with Gasteiger partial charge < -0.3 is 4.90 Å². The van der Waals surface area contributed by atoms with E-state index in [9.17, 15) is 9.59 Å². The van der Waals surface area contributed by atoms with Gasteiger partial charge >= 0.3 is 0 Å². The number of allylic oxidation sites excluding steroid dienone is 1. The summed E-state index contributed by atoms with van der Waals surface area (Å²) in [7, 11) is 0. The van der Waals surface area contributed by atoms with Crippen molar-refractivity contribution in [1.82, 2.24) is 9.88 Å². The molecule has 0 spiro atoms. The molecule has 2 aliphatic rings. The number of hydrogen-bond donors (Lipinski definition) is 0. The molecule has 0 atom stereocenters. The Morgan fingerprint density at radius 1 is 1.41 bits per heavy atom. The lowest BCUT2D eigenvalue weighted by Crippen LogP contribution is -2.31. The van der Waals surface area contributed by atoms with E-state index in [0.29, 0.717) is 34.8 Å². The van der Waals surface area contributed by atoms with E-state index in [1.54, 1.807) is 23.2 Å². The van der Waals surface area contributed by atoms with Crippen molar-refractivity contribution in [3.05, 3.63) is 34.5 Å². The Bertz CT molecular complexity index is 565. The molecule has 0 unspecified atom stereocenters. The van der Waals surface area contributed by atoms with Crippen molar-refractivity contribution in [2.75, 3.05) is 12.8 Å². The quantitative estimate of drug-likeness (QED) is 0.754. The third-order valence-electron chi connectivity index (χ3n) is 3.01. The second-order valence-corrected chi connectivity index (χ2v) is 4.73. The molecule has 0 N–H and O–H groups in total. The van der Waals surface area contributed by atoms with Gasteiger partial charge in [0.05, 0.1) is 16.2 Å². The standard InChI is InChI=1S/C12H10N2O2S/c1-17-11-8(15)4-6-14-10(11)9-7(12(14)16)3-2-5-13-9/h2-3,5H,4,6H2,1H3. The van der Waals surface area contributed by atoms with Crippen LogP contribution in [0.25, 0.3) is 5.70 Å². The Balaban J connectivity index is 2.29. The topological polar surface area (TPSA) is 50.3 Å². The number of fused-ring (bicyclic) bond motifs is 3. The molecular formula is C12H10N2O2S. The van der Waals surface area contributed by atoms with Gasteiger partial charge in [0.25, 0.3) is 5.91 Å². The molecule has 1 aromatic heterocycles. The number of ketones is 1. The van der Waals surface area contributed by atoms with Crippen molar-refractivity contribution in [3.8, 4) is 0 Å². The number of amides is 1. The van der Waals surface area contributed by atoms with E-state index in [2.05, 4.69) is 4.98 Å². The first-order chi connectivity index (χ1) is 8.24. The lowest BCUT2D eigenvalue weighted by molar-refractivity contribution is -0.115. The highest BCUT2D eigenvalue weighted by Crippen LogP contribution is 2.39. The Hall–Kier alpha value is -1.62. The van der Waals surface area contributed by atoms with Crippen molar-refractivity contribution < 1.29 is 9.59 Å². The molecule has 5 heteroatoms. The first-order valence-corrected chi connectivity index (χ1v) is 6.55. The summed E-state index contributed by atoms with van der Waals surface area (Å²) in [5, 5.41) is 0. The predicted molar refractivity (Wildman–Crippen MR) is 65.3 cm³/mol.